The highest BCUT2D eigenvalue weighted by Crippen LogP contribution is 2.36. The number of likely N-dealkylation sites (tertiary alicyclic amines) is 1. The Morgan fingerprint density at radius 3 is 2.11 bits per heavy atom. The third kappa shape index (κ3) is 2.62. The monoisotopic (exact) mass is 253 g/mol. The van der Waals surface area contributed by atoms with Crippen molar-refractivity contribution in [3.8, 4) is 0 Å². The molecule has 1 aliphatic rings. The lowest BCUT2D eigenvalue weighted by molar-refractivity contribution is -0.148. The van der Waals surface area contributed by atoms with Gasteiger partial charge in [-0.2, -0.15) is 0 Å². The molecule has 1 heterocycles. The Labute approximate surface area is 109 Å². The van der Waals surface area contributed by atoms with E-state index in [1.165, 1.54) is 4.90 Å². The number of carbonyl (C=O) groups is 3. The normalized spacial score (nSPS) is 21.7. The van der Waals surface area contributed by atoms with E-state index in [4.69, 9.17) is 0 Å². The molecule has 4 nitrogen and oxygen atoms in total. The highest BCUT2D eigenvalue weighted by atomic mass is 16.2. The van der Waals surface area contributed by atoms with Gasteiger partial charge in [0.2, 0.25) is 11.8 Å². The van der Waals surface area contributed by atoms with Gasteiger partial charge in [0.05, 0.1) is 0 Å². The van der Waals surface area contributed by atoms with Gasteiger partial charge in [0, 0.05) is 23.3 Å². The minimum atomic E-state index is -0.617. The van der Waals surface area contributed by atoms with Crippen LogP contribution in [0.25, 0.3) is 0 Å². The highest BCUT2D eigenvalue weighted by molar-refractivity contribution is 6.04. The summed E-state index contributed by atoms with van der Waals surface area (Å²) in [6.45, 7) is 10.7. The van der Waals surface area contributed by atoms with Crippen LogP contribution in [0.4, 0.5) is 0 Å². The van der Waals surface area contributed by atoms with E-state index in [1.807, 2.05) is 27.7 Å². The van der Waals surface area contributed by atoms with Crippen LogP contribution < -0.4 is 0 Å². The quantitative estimate of drug-likeness (QED) is 0.721. The molecule has 0 saturated carbocycles. The molecule has 0 aliphatic carbocycles. The van der Waals surface area contributed by atoms with Gasteiger partial charge in [-0.05, 0) is 27.2 Å². The number of carbonyl (C=O) groups excluding carboxylic acids is 3. The Morgan fingerprint density at radius 2 is 1.78 bits per heavy atom. The van der Waals surface area contributed by atoms with Gasteiger partial charge in [0.1, 0.15) is 5.78 Å². The van der Waals surface area contributed by atoms with Crippen LogP contribution in [-0.2, 0) is 14.4 Å². The van der Waals surface area contributed by atoms with Crippen LogP contribution in [0.3, 0.4) is 0 Å². The standard InChI is InChI=1S/C14H23NO3/c1-9-7-11(17)15(12(9)18)14(5,6)8-13(3,4)10(2)16/h9H,7-8H2,1-6H3. The number of imide groups is 1. The number of ketones is 1. The van der Waals surface area contributed by atoms with Gasteiger partial charge >= 0.3 is 0 Å². The molecule has 4 heteroatoms. The van der Waals surface area contributed by atoms with Gasteiger partial charge in [-0.3, -0.25) is 19.3 Å². The van der Waals surface area contributed by atoms with Crippen LogP contribution >= 0.6 is 0 Å². The molecule has 0 radical (unpaired) electrons. The number of Topliss-reactive ketones (excluding diaryl/α,β-unsaturated/α-hetero) is 1. The van der Waals surface area contributed by atoms with Crippen molar-refractivity contribution in [1.29, 1.82) is 0 Å². The second kappa shape index (κ2) is 4.48. The molecule has 1 unspecified atom stereocenters. The largest absolute Gasteiger partial charge is 0.299 e. The molecule has 0 aromatic heterocycles. The Bertz CT molecular complexity index is 396. The van der Waals surface area contributed by atoms with E-state index in [-0.39, 0.29) is 29.9 Å². The Hall–Kier alpha value is -1.19. The maximum absolute atomic E-state index is 12.0. The zero-order valence-electron chi connectivity index (χ0n) is 12.2. The summed E-state index contributed by atoms with van der Waals surface area (Å²) in [7, 11) is 0. The fourth-order valence-electron chi connectivity index (χ4n) is 2.70. The summed E-state index contributed by atoms with van der Waals surface area (Å²) < 4.78 is 0. The van der Waals surface area contributed by atoms with Gasteiger partial charge in [-0.25, -0.2) is 0 Å². The molecular formula is C14H23NO3. The average molecular weight is 253 g/mol. The first-order chi connectivity index (χ1) is 7.99. The first kappa shape index (κ1) is 14.9. The number of rotatable bonds is 4. The van der Waals surface area contributed by atoms with Crippen LogP contribution in [0.5, 0.6) is 0 Å². The Kier molecular flexibility index (Phi) is 3.70. The van der Waals surface area contributed by atoms with Crippen LogP contribution in [-0.4, -0.2) is 28.0 Å². The Balaban J connectivity index is 2.97. The fourth-order valence-corrected chi connectivity index (χ4v) is 2.70. The molecule has 102 valence electrons. The van der Waals surface area contributed by atoms with Gasteiger partial charge < -0.3 is 0 Å². The van der Waals surface area contributed by atoms with Crippen molar-refractivity contribution < 1.29 is 14.4 Å². The summed E-state index contributed by atoms with van der Waals surface area (Å²) in [6, 6.07) is 0. The predicted octanol–water partition coefficient (Wildman–Crippen LogP) is 2.17. The second-order valence-electron chi connectivity index (χ2n) is 6.60. The summed E-state index contributed by atoms with van der Waals surface area (Å²) >= 11 is 0. The molecule has 1 aliphatic heterocycles. The van der Waals surface area contributed by atoms with E-state index >= 15 is 0 Å². The third-order valence-corrected chi connectivity index (χ3v) is 3.81. The van der Waals surface area contributed by atoms with E-state index in [0.29, 0.717) is 6.42 Å². The minimum absolute atomic E-state index is 0.0720. The maximum Gasteiger partial charge on any atom is 0.233 e. The van der Waals surface area contributed by atoms with Crippen molar-refractivity contribution >= 4 is 17.6 Å². The third-order valence-electron chi connectivity index (χ3n) is 3.81. The van der Waals surface area contributed by atoms with E-state index in [2.05, 4.69) is 0 Å². The average Bonchev–Trinajstić information content (AvgIpc) is 2.38. The smallest absolute Gasteiger partial charge is 0.233 e. The first-order valence-electron chi connectivity index (χ1n) is 6.37. The molecule has 0 N–H and O–H groups in total. The molecule has 1 fully saturated rings. The van der Waals surface area contributed by atoms with Crippen molar-refractivity contribution in [1.82, 2.24) is 4.90 Å². The number of hydrogen-bond donors (Lipinski definition) is 0. The van der Waals surface area contributed by atoms with E-state index in [1.54, 1.807) is 13.8 Å². The molecule has 0 aromatic rings. The Morgan fingerprint density at radius 1 is 1.28 bits per heavy atom. The fraction of sp³-hybridized carbons (Fsp3) is 0.786. The van der Waals surface area contributed by atoms with Gasteiger partial charge in [-0.1, -0.05) is 20.8 Å². The molecule has 1 saturated heterocycles. The summed E-state index contributed by atoms with van der Waals surface area (Å²) in [5, 5.41) is 0. The summed E-state index contributed by atoms with van der Waals surface area (Å²) in [5.74, 6) is -0.416. The van der Waals surface area contributed by atoms with Crippen molar-refractivity contribution in [3.63, 3.8) is 0 Å². The maximum atomic E-state index is 12.0. The van der Waals surface area contributed by atoms with Gasteiger partial charge in [-0.15, -0.1) is 0 Å². The zero-order chi connectivity index (χ0) is 14.3. The topological polar surface area (TPSA) is 54.5 Å². The van der Waals surface area contributed by atoms with Crippen molar-refractivity contribution in [3.05, 3.63) is 0 Å². The van der Waals surface area contributed by atoms with Crippen molar-refractivity contribution in [2.45, 2.75) is 59.9 Å². The SMILES string of the molecule is CC(=O)C(C)(C)CC(C)(C)N1C(=O)CC(C)C1=O. The minimum Gasteiger partial charge on any atom is -0.299 e. The summed E-state index contributed by atoms with van der Waals surface area (Å²) in [6.07, 6.45) is 0.766. The number of nitrogens with zero attached hydrogens (tertiary/aromatic N) is 1. The predicted molar refractivity (Wildman–Crippen MR) is 68.8 cm³/mol. The molecule has 2 amide bonds. The second-order valence-corrected chi connectivity index (χ2v) is 6.60. The molecule has 1 atom stereocenters. The van der Waals surface area contributed by atoms with Crippen LogP contribution in [0, 0.1) is 11.3 Å². The molecule has 0 aromatic carbocycles. The lowest BCUT2D eigenvalue weighted by atomic mass is 9.76. The van der Waals surface area contributed by atoms with Crippen LogP contribution in [0.2, 0.25) is 0 Å². The molecule has 0 spiro atoms. The molecule has 0 bridgehead atoms. The van der Waals surface area contributed by atoms with Gasteiger partial charge in [0.25, 0.3) is 0 Å². The van der Waals surface area contributed by atoms with Crippen LogP contribution in [0.15, 0.2) is 0 Å². The molecule has 1 rings (SSSR count). The molecule has 18 heavy (non-hydrogen) atoms. The van der Waals surface area contributed by atoms with Crippen LogP contribution in [0.1, 0.15) is 54.4 Å². The van der Waals surface area contributed by atoms with Crippen molar-refractivity contribution in [2.75, 3.05) is 0 Å². The first-order valence-corrected chi connectivity index (χ1v) is 6.37. The van der Waals surface area contributed by atoms with E-state index in [9.17, 15) is 14.4 Å². The zero-order valence-corrected chi connectivity index (χ0v) is 12.2. The van der Waals surface area contributed by atoms with Gasteiger partial charge in [0.15, 0.2) is 0 Å². The van der Waals surface area contributed by atoms with Crippen molar-refractivity contribution in [2.24, 2.45) is 11.3 Å². The lowest BCUT2D eigenvalue weighted by Crippen LogP contribution is -2.50. The van der Waals surface area contributed by atoms with E-state index in [0.717, 1.165) is 0 Å². The molecular weight excluding hydrogens is 230 g/mol. The number of hydrogen-bond acceptors (Lipinski definition) is 3. The highest BCUT2D eigenvalue weighted by Gasteiger charge is 2.46. The number of amides is 2. The summed E-state index contributed by atoms with van der Waals surface area (Å²) in [4.78, 5) is 36.9. The summed E-state index contributed by atoms with van der Waals surface area (Å²) in [5.41, 5.74) is -1.15. The lowest BCUT2D eigenvalue weighted by Gasteiger charge is -2.39. The van der Waals surface area contributed by atoms with E-state index < -0.39 is 11.0 Å².